The van der Waals surface area contributed by atoms with E-state index in [0.717, 1.165) is 24.8 Å². The molecule has 0 heterocycles. The first-order valence-corrected chi connectivity index (χ1v) is 11.9. The van der Waals surface area contributed by atoms with Crippen molar-refractivity contribution in [3.63, 3.8) is 0 Å². The average molecular weight is 421 g/mol. The Morgan fingerprint density at radius 2 is 1.86 bits per heavy atom. The second-order valence-corrected chi connectivity index (χ2v) is 9.59. The van der Waals surface area contributed by atoms with Crippen LogP contribution >= 0.6 is 0 Å². The first-order valence-electron chi connectivity index (χ1n) is 10.0. The summed E-state index contributed by atoms with van der Waals surface area (Å²) in [5.74, 6) is -0.325. The van der Waals surface area contributed by atoms with Crippen molar-refractivity contribution < 1.29 is 18.3 Å². The number of nitrogens with one attached hydrogen (secondary N) is 2. The fraction of sp³-hybridized carbons (Fsp3) is 0.500. The zero-order valence-electron chi connectivity index (χ0n) is 17.4. The quantitative estimate of drug-likeness (QED) is 0.341. The van der Waals surface area contributed by atoms with Crippen LogP contribution in [0.5, 0.6) is 0 Å². The van der Waals surface area contributed by atoms with Crippen LogP contribution in [0.25, 0.3) is 0 Å². The van der Waals surface area contributed by atoms with Crippen LogP contribution in [0.1, 0.15) is 51.5 Å². The molecule has 3 N–H and O–H groups in total. The maximum absolute atomic E-state index is 12.6. The van der Waals surface area contributed by atoms with E-state index < -0.39 is 10.0 Å². The van der Waals surface area contributed by atoms with Crippen molar-refractivity contribution in [3.05, 3.63) is 59.4 Å². The van der Waals surface area contributed by atoms with Gasteiger partial charge in [0.25, 0.3) is 5.91 Å². The minimum atomic E-state index is -3.24. The molecule has 0 saturated heterocycles. The van der Waals surface area contributed by atoms with Gasteiger partial charge in [-0.15, -0.1) is 0 Å². The molecule has 160 valence electrons. The summed E-state index contributed by atoms with van der Waals surface area (Å²) in [6.45, 7) is 3.99. The number of rotatable bonds is 8. The standard InChI is InChI=1S/C22H32N2O4S/c1-4-5-11-20(25)17(2)21(26)23-16-22(18-9-7-6-8-10-18)14-12-19(13-15-22)24-29(3,27)28/h5-11,19,24-25H,4,12-16H2,1-3H3,(H,23,26)/b11-5-,20-17-. The van der Waals surface area contributed by atoms with E-state index in [0.29, 0.717) is 19.4 Å². The largest absolute Gasteiger partial charge is 0.507 e. The Balaban J connectivity index is 2.15. The summed E-state index contributed by atoms with van der Waals surface area (Å²) in [5.41, 5.74) is 1.15. The Labute approximate surface area is 174 Å². The van der Waals surface area contributed by atoms with Crippen LogP contribution in [0.2, 0.25) is 0 Å². The fourth-order valence-electron chi connectivity index (χ4n) is 3.80. The number of aliphatic hydroxyl groups excluding tert-OH is 1. The van der Waals surface area contributed by atoms with Gasteiger partial charge in [-0.1, -0.05) is 43.3 Å². The van der Waals surface area contributed by atoms with E-state index in [1.54, 1.807) is 19.1 Å². The van der Waals surface area contributed by atoms with Gasteiger partial charge in [-0.3, -0.25) is 4.79 Å². The van der Waals surface area contributed by atoms with Gasteiger partial charge in [0.1, 0.15) is 5.76 Å². The fourth-order valence-corrected chi connectivity index (χ4v) is 4.64. The van der Waals surface area contributed by atoms with Crippen molar-refractivity contribution in [2.75, 3.05) is 12.8 Å². The molecule has 0 aromatic heterocycles. The van der Waals surface area contributed by atoms with E-state index in [1.807, 2.05) is 25.1 Å². The number of carbonyl (C=O) groups excluding carboxylic acids is 1. The molecule has 0 radical (unpaired) electrons. The average Bonchev–Trinajstić information content (AvgIpc) is 2.70. The Morgan fingerprint density at radius 3 is 2.41 bits per heavy atom. The number of sulfonamides is 1. The lowest BCUT2D eigenvalue weighted by atomic mass is 9.68. The number of amides is 1. The van der Waals surface area contributed by atoms with Crippen LogP contribution in [0, 0.1) is 0 Å². The van der Waals surface area contributed by atoms with Gasteiger partial charge in [-0.05, 0) is 50.7 Å². The third kappa shape index (κ3) is 6.72. The Hall–Kier alpha value is -2.12. The van der Waals surface area contributed by atoms with Crippen molar-refractivity contribution in [1.29, 1.82) is 0 Å². The second kappa shape index (κ2) is 10.1. The van der Waals surface area contributed by atoms with Gasteiger partial charge >= 0.3 is 0 Å². The van der Waals surface area contributed by atoms with Gasteiger partial charge in [-0.2, -0.15) is 0 Å². The summed E-state index contributed by atoms with van der Waals surface area (Å²) in [6.07, 6.45) is 8.23. The van der Waals surface area contributed by atoms with Gasteiger partial charge in [-0.25, -0.2) is 13.1 Å². The lowest BCUT2D eigenvalue weighted by Crippen LogP contribution is -2.47. The molecule has 1 aromatic rings. The molecule has 1 aliphatic carbocycles. The molecule has 1 saturated carbocycles. The molecule has 1 aliphatic rings. The van der Waals surface area contributed by atoms with Crippen LogP contribution < -0.4 is 10.0 Å². The molecule has 1 aromatic carbocycles. The van der Waals surface area contributed by atoms with E-state index in [1.165, 1.54) is 6.26 Å². The maximum atomic E-state index is 12.6. The lowest BCUT2D eigenvalue weighted by Gasteiger charge is -2.41. The van der Waals surface area contributed by atoms with Gasteiger partial charge in [0, 0.05) is 18.0 Å². The highest BCUT2D eigenvalue weighted by Gasteiger charge is 2.37. The van der Waals surface area contributed by atoms with Crippen LogP contribution in [0.3, 0.4) is 0 Å². The topological polar surface area (TPSA) is 95.5 Å². The molecular weight excluding hydrogens is 388 g/mol. The highest BCUT2D eigenvalue weighted by atomic mass is 32.2. The maximum Gasteiger partial charge on any atom is 0.250 e. The summed E-state index contributed by atoms with van der Waals surface area (Å²) in [6, 6.07) is 9.94. The molecule has 7 heteroatoms. The molecule has 0 bridgehead atoms. The van der Waals surface area contributed by atoms with E-state index in [-0.39, 0.29) is 28.7 Å². The Bertz CT molecular complexity index is 852. The molecule has 1 amide bonds. The molecule has 2 rings (SSSR count). The highest BCUT2D eigenvalue weighted by molar-refractivity contribution is 7.88. The van der Waals surface area contributed by atoms with Crippen LogP contribution in [0.4, 0.5) is 0 Å². The molecule has 0 spiro atoms. The lowest BCUT2D eigenvalue weighted by molar-refractivity contribution is -0.118. The Kier molecular flexibility index (Phi) is 8.05. The summed E-state index contributed by atoms with van der Waals surface area (Å²) in [5, 5.41) is 13.0. The number of hydrogen-bond donors (Lipinski definition) is 3. The van der Waals surface area contributed by atoms with Crippen molar-refractivity contribution in [1.82, 2.24) is 10.0 Å². The molecule has 29 heavy (non-hydrogen) atoms. The number of aliphatic hydroxyl groups is 1. The third-order valence-electron chi connectivity index (χ3n) is 5.53. The van der Waals surface area contributed by atoms with Crippen molar-refractivity contribution in [2.24, 2.45) is 0 Å². The molecular formula is C22H32N2O4S. The highest BCUT2D eigenvalue weighted by Crippen LogP contribution is 2.39. The SMILES string of the molecule is CC/C=C\C(O)=C(/C)C(=O)NCC1(c2ccccc2)CCC(NS(C)(=O)=O)CC1. The minimum absolute atomic E-state index is 0.0285. The minimum Gasteiger partial charge on any atom is -0.507 e. The number of benzene rings is 1. The van der Waals surface area contributed by atoms with E-state index in [2.05, 4.69) is 22.2 Å². The van der Waals surface area contributed by atoms with E-state index in [9.17, 15) is 18.3 Å². The van der Waals surface area contributed by atoms with Gasteiger partial charge in [0.05, 0.1) is 11.8 Å². The first kappa shape index (κ1) is 23.2. The van der Waals surface area contributed by atoms with E-state index >= 15 is 0 Å². The zero-order chi connectivity index (χ0) is 21.5. The molecule has 1 fully saturated rings. The van der Waals surface area contributed by atoms with Gasteiger partial charge in [0.2, 0.25) is 10.0 Å². The van der Waals surface area contributed by atoms with Crippen molar-refractivity contribution in [2.45, 2.75) is 57.4 Å². The smallest absolute Gasteiger partial charge is 0.250 e. The van der Waals surface area contributed by atoms with Crippen molar-refractivity contribution >= 4 is 15.9 Å². The number of allylic oxidation sites excluding steroid dienone is 2. The van der Waals surface area contributed by atoms with E-state index in [4.69, 9.17) is 0 Å². The van der Waals surface area contributed by atoms with Crippen molar-refractivity contribution in [3.8, 4) is 0 Å². The monoisotopic (exact) mass is 420 g/mol. The molecule has 0 aliphatic heterocycles. The van der Waals surface area contributed by atoms with Crippen LogP contribution in [-0.2, 0) is 20.2 Å². The van der Waals surface area contributed by atoms with Crippen LogP contribution in [-0.4, -0.2) is 38.3 Å². The zero-order valence-corrected chi connectivity index (χ0v) is 18.3. The third-order valence-corrected chi connectivity index (χ3v) is 6.29. The summed E-state index contributed by atoms with van der Waals surface area (Å²) in [4.78, 5) is 12.6. The van der Waals surface area contributed by atoms with Gasteiger partial charge in [0.15, 0.2) is 0 Å². The summed E-state index contributed by atoms with van der Waals surface area (Å²) >= 11 is 0. The Morgan fingerprint density at radius 1 is 1.24 bits per heavy atom. The van der Waals surface area contributed by atoms with Crippen LogP contribution in [0.15, 0.2) is 53.8 Å². The first-order chi connectivity index (χ1) is 13.7. The number of carbonyl (C=O) groups is 1. The predicted molar refractivity (Wildman–Crippen MR) is 116 cm³/mol. The molecule has 6 nitrogen and oxygen atoms in total. The normalized spacial score (nSPS) is 23.6. The molecule has 0 unspecified atom stereocenters. The summed E-state index contributed by atoms with van der Waals surface area (Å²) < 4.78 is 25.8. The molecule has 0 atom stereocenters. The number of hydrogen-bond acceptors (Lipinski definition) is 4. The summed E-state index contributed by atoms with van der Waals surface area (Å²) in [7, 11) is -3.24. The van der Waals surface area contributed by atoms with Gasteiger partial charge < -0.3 is 10.4 Å². The second-order valence-electron chi connectivity index (χ2n) is 7.81. The predicted octanol–water partition coefficient (Wildman–Crippen LogP) is 3.33.